The number of anilines is 1. The van der Waals surface area contributed by atoms with E-state index in [2.05, 4.69) is 35.8 Å². The van der Waals surface area contributed by atoms with Crippen LogP contribution in [0.3, 0.4) is 0 Å². The van der Waals surface area contributed by atoms with E-state index >= 15 is 0 Å². The van der Waals surface area contributed by atoms with Crippen molar-refractivity contribution in [2.75, 3.05) is 12.3 Å². The number of amides is 1. The molecule has 0 radical (unpaired) electrons. The van der Waals surface area contributed by atoms with Gasteiger partial charge in [-0.1, -0.05) is 49.4 Å². The van der Waals surface area contributed by atoms with Crippen molar-refractivity contribution < 1.29 is 18.9 Å². The van der Waals surface area contributed by atoms with Crippen LogP contribution < -0.4 is 20.6 Å². The molecular formula is C24H26N8O4. The van der Waals surface area contributed by atoms with Crippen molar-refractivity contribution in [1.29, 1.82) is 0 Å². The van der Waals surface area contributed by atoms with Crippen LogP contribution in [0.15, 0.2) is 58.3 Å². The monoisotopic (exact) mass is 490 g/mol. The van der Waals surface area contributed by atoms with Crippen LogP contribution in [0.1, 0.15) is 54.0 Å². The van der Waals surface area contributed by atoms with Gasteiger partial charge in [-0.25, -0.2) is 10.1 Å². The van der Waals surface area contributed by atoms with Crippen molar-refractivity contribution in [3.05, 3.63) is 71.0 Å². The van der Waals surface area contributed by atoms with E-state index in [1.165, 1.54) is 10.9 Å². The molecule has 0 bridgehead atoms. The molecule has 186 valence electrons. The number of nitrogens with two attached hydrogens (primary N) is 1. The number of nitrogens with one attached hydrogen (secondary N) is 1. The van der Waals surface area contributed by atoms with E-state index in [9.17, 15) is 4.79 Å². The molecule has 12 nitrogen and oxygen atoms in total. The standard InChI is InChI=1S/C24H26N8O4/c1-4-34-19-12-17(10-11-18(19)35-14-16-8-6-5-7-9-16)13-26-28-24(33)20-21(15(2)3)32(31-27-20)23-22(25)29-36-30-23/h5-13,15H,4,14H2,1-3H3,(H2,25,29)(H,28,33). The van der Waals surface area contributed by atoms with Gasteiger partial charge < -0.3 is 15.2 Å². The highest BCUT2D eigenvalue weighted by molar-refractivity contribution is 5.94. The summed E-state index contributed by atoms with van der Waals surface area (Å²) in [6, 6.07) is 15.3. The second-order valence-corrected chi connectivity index (χ2v) is 7.98. The van der Waals surface area contributed by atoms with Crippen molar-refractivity contribution in [2.45, 2.75) is 33.3 Å². The first-order chi connectivity index (χ1) is 17.5. The van der Waals surface area contributed by atoms with Gasteiger partial charge in [0.2, 0.25) is 11.6 Å². The number of benzene rings is 2. The molecule has 4 rings (SSSR count). The third-order valence-electron chi connectivity index (χ3n) is 5.05. The number of hydrogen-bond acceptors (Lipinski definition) is 10. The van der Waals surface area contributed by atoms with E-state index in [4.69, 9.17) is 15.2 Å². The van der Waals surface area contributed by atoms with Crippen molar-refractivity contribution in [1.82, 2.24) is 30.7 Å². The molecule has 0 saturated heterocycles. The first kappa shape index (κ1) is 24.4. The number of nitrogens with zero attached hydrogens (tertiary/aromatic N) is 6. The minimum atomic E-state index is -0.538. The predicted octanol–water partition coefficient (Wildman–Crippen LogP) is 3.10. The van der Waals surface area contributed by atoms with Crippen LogP contribution in [0.4, 0.5) is 5.82 Å². The molecule has 0 fully saturated rings. The van der Waals surface area contributed by atoms with Gasteiger partial charge in [-0.05, 0) is 52.5 Å². The first-order valence-electron chi connectivity index (χ1n) is 11.3. The Morgan fingerprint density at radius 3 is 2.67 bits per heavy atom. The van der Waals surface area contributed by atoms with Crippen LogP contribution in [-0.2, 0) is 6.61 Å². The number of rotatable bonds is 10. The molecule has 12 heteroatoms. The molecule has 0 saturated carbocycles. The molecule has 0 atom stereocenters. The Morgan fingerprint density at radius 1 is 1.17 bits per heavy atom. The number of nitrogen functional groups attached to an aromatic ring is 1. The fourth-order valence-electron chi connectivity index (χ4n) is 3.41. The Hall–Kier alpha value is -4.74. The maximum absolute atomic E-state index is 12.8. The van der Waals surface area contributed by atoms with Crippen molar-refractivity contribution >= 4 is 17.9 Å². The third-order valence-corrected chi connectivity index (χ3v) is 5.05. The van der Waals surface area contributed by atoms with Gasteiger partial charge in [-0.2, -0.15) is 9.78 Å². The zero-order valence-electron chi connectivity index (χ0n) is 20.1. The number of hydrazone groups is 1. The molecule has 0 aliphatic rings. The van der Waals surface area contributed by atoms with Crippen LogP contribution >= 0.6 is 0 Å². The summed E-state index contributed by atoms with van der Waals surface area (Å²) in [5.41, 5.74) is 10.6. The Bertz CT molecular complexity index is 1350. The predicted molar refractivity (Wildman–Crippen MR) is 131 cm³/mol. The summed E-state index contributed by atoms with van der Waals surface area (Å²) in [5.74, 6) is 0.719. The molecule has 2 heterocycles. The summed E-state index contributed by atoms with van der Waals surface area (Å²) < 4.78 is 17.6. The molecule has 4 aromatic rings. The van der Waals surface area contributed by atoms with E-state index < -0.39 is 5.91 Å². The molecule has 36 heavy (non-hydrogen) atoms. The molecule has 0 aliphatic heterocycles. The maximum atomic E-state index is 12.8. The first-order valence-corrected chi connectivity index (χ1v) is 11.3. The highest BCUT2D eigenvalue weighted by Crippen LogP contribution is 2.29. The fourth-order valence-corrected chi connectivity index (χ4v) is 3.41. The average Bonchev–Trinajstić information content (AvgIpc) is 3.50. The Kier molecular flexibility index (Phi) is 7.54. The van der Waals surface area contributed by atoms with E-state index in [1.54, 1.807) is 12.1 Å². The van der Waals surface area contributed by atoms with E-state index in [0.717, 1.165) is 5.56 Å². The van der Waals surface area contributed by atoms with Gasteiger partial charge in [-0.15, -0.1) is 5.10 Å². The second-order valence-electron chi connectivity index (χ2n) is 7.98. The Labute approximate surface area is 207 Å². The molecule has 2 aromatic carbocycles. The summed E-state index contributed by atoms with van der Waals surface area (Å²) in [7, 11) is 0. The Morgan fingerprint density at radius 2 is 1.97 bits per heavy atom. The van der Waals surface area contributed by atoms with Crippen LogP contribution in [0.5, 0.6) is 11.5 Å². The highest BCUT2D eigenvalue weighted by atomic mass is 16.6. The van der Waals surface area contributed by atoms with E-state index in [1.807, 2.05) is 57.2 Å². The topological polar surface area (TPSA) is 156 Å². The minimum Gasteiger partial charge on any atom is -0.490 e. The lowest BCUT2D eigenvalue weighted by molar-refractivity contribution is 0.0948. The summed E-state index contributed by atoms with van der Waals surface area (Å²) in [6.45, 7) is 6.55. The summed E-state index contributed by atoms with van der Waals surface area (Å²) in [4.78, 5) is 12.8. The second kappa shape index (κ2) is 11.1. The van der Waals surface area contributed by atoms with Crippen LogP contribution in [0.25, 0.3) is 5.82 Å². The molecule has 3 N–H and O–H groups in total. The average molecular weight is 491 g/mol. The molecule has 0 aliphatic carbocycles. The van der Waals surface area contributed by atoms with Gasteiger partial charge >= 0.3 is 0 Å². The highest BCUT2D eigenvalue weighted by Gasteiger charge is 2.25. The SMILES string of the molecule is CCOc1cc(C=NNC(=O)c2nnn(-c3nonc3N)c2C(C)C)ccc1OCc1ccccc1. The molecule has 2 aromatic heterocycles. The van der Waals surface area contributed by atoms with Crippen molar-refractivity contribution in [2.24, 2.45) is 5.10 Å². The van der Waals surface area contributed by atoms with Crippen LogP contribution in [0.2, 0.25) is 0 Å². The molecular weight excluding hydrogens is 464 g/mol. The van der Waals surface area contributed by atoms with E-state index in [-0.39, 0.29) is 23.2 Å². The minimum absolute atomic E-state index is 0.0353. The number of ether oxygens (including phenoxy) is 2. The number of carbonyl (C=O) groups excluding carboxylic acids is 1. The summed E-state index contributed by atoms with van der Waals surface area (Å²) in [5, 5.41) is 19.3. The van der Waals surface area contributed by atoms with Crippen LogP contribution in [0, 0.1) is 0 Å². The van der Waals surface area contributed by atoms with Crippen molar-refractivity contribution in [3.8, 4) is 17.3 Å². The van der Waals surface area contributed by atoms with Crippen molar-refractivity contribution in [3.63, 3.8) is 0 Å². The van der Waals surface area contributed by atoms with Crippen LogP contribution in [-0.4, -0.2) is 44.0 Å². The lowest BCUT2D eigenvalue weighted by Gasteiger charge is -2.12. The number of carbonyl (C=O) groups is 1. The lowest BCUT2D eigenvalue weighted by atomic mass is 10.1. The lowest BCUT2D eigenvalue weighted by Crippen LogP contribution is -2.21. The molecule has 0 unspecified atom stereocenters. The van der Waals surface area contributed by atoms with Gasteiger partial charge in [-0.3, -0.25) is 4.79 Å². The summed E-state index contributed by atoms with van der Waals surface area (Å²) >= 11 is 0. The normalized spacial score (nSPS) is 11.2. The fraction of sp³-hybridized carbons (Fsp3) is 0.250. The van der Waals surface area contributed by atoms with Gasteiger partial charge in [0.25, 0.3) is 5.91 Å². The molecule has 1 amide bonds. The van der Waals surface area contributed by atoms with Gasteiger partial charge in [0.1, 0.15) is 6.61 Å². The van der Waals surface area contributed by atoms with E-state index in [0.29, 0.717) is 36.0 Å². The number of aromatic nitrogens is 5. The molecule has 0 spiro atoms. The third kappa shape index (κ3) is 5.49. The van der Waals surface area contributed by atoms with Gasteiger partial charge in [0.15, 0.2) is 17.2 Å². The largest absolute Gasteiger partial charge is 0.490 e. The van der Waals surface area contributed by atoms with Gasteiger partial charge in [0, 0.05) is 0 Å². The van der Waals surface area contributed by atoms with Gasteiger partial charge in [0.05, 0.1) is 18.5 Å². The zero-order valence-corrected chi connectivity index (χ0v) is 20.1. The Balaban J connectivity index is 1.46. The summed E-state index contributed by atoms with van der Waals surface area (Å²) in [6.07, 6.45) is 1.50. The maximum Gasteiger partial charge on any atom is 0.293 e. The number of hydrogen-bond donors (Lipinski definition) is 2. The smallest absolute Gasteiger partial charge is 0.293 e. The zero-order chi connectivity index (χ0) is 25.5. The quantitative estimate of drug-likeness (QED) is 0.252.